The highest BCUT2D eigenvalue weighted by atomic mass is 79.9. The van der Waals surface area contributed by atoms with Crippen LogP contribution in [0, 0.1) is 19.3 Å². The number of nitrogens with one attached hydrogen (secondary N) is 1. The summed E-state index contributed by atoms with van der Waals surface area (Å²) in [5.41, 5.74) is 6.86. The lowest BCUT2D eigenvalue weighted by molar-refractivity contribution is -0.138. The van der Waals surface area contributed by atoms with Crippen LogP contribution in [0.15, 0.2) is 35.2 Å². The maximum atomic E-state index is 13.9. The minimum atomic E-state index is -4.57. The Hall–Kier alpha value is -3.74. The van der Waals surface area contributed by atoms with Gasteiger partial charge in [0.25, 0.3) is 0 Å². The highest BCUT2D eigenvalue weighted by Crippen LogP contribution is 2.59. The van der Waals surface area contributed by atoms with E-state index < -0.39 is 17.8 Å². The summed E-state index contributed by atoms with van der Waals surface area (Å²) in [6, 6.07) is 4.83. The number of piperidine rings is 1. The second kappa shape index (κ2) is 8.88. The molecule has 3 atom stereocenters. The Morgan fingerprint density at radius 1 is 1.18 bits per heavy atom. The van der Waals surface area contributed by atoms with Crippen LogP contribution in [0.2, 0.25) is 0 Å². The molecule has 0 unspecified atom stereocenters. The lowest BCUT2D eigenvalue weighted by Crippen LogP contribution is -2.46. The molecule has 208 valence electrons. The van der Waals surface area contributed by atoms with Crippen molar-refractivity contribution < 1.29 is 22.8 Å². The van der Waals surface area contributed by atoms with Gasteiger partial charge in [0.15, 0.2) is 0 Å². The Kier molecular flexibility index (Phi) is 5.88. The van der Waals surface area contributed by atoms with Crippen LogP contribution in [0.3, 0.4) is 0 Å². The number of hydrogen-bond donors (Lipinski definition) is 2. The number of nitrogen functional groups attached to an aromatic ring is 1. The van der Waals surface area contributed by atoms with E-state index in [2.05, 4.69) is 36.2 Å². The van der Waals surface area contributed by atoms with Gasteiger partial charge in [-0.1, -0.05) is 13.0 Å². The van der Waals surface area contributed by atoms with Crippen LogP contribution in [0.25, 0.3) is 21.9 Å². The number of likely N-dealkylation sites (tertiary alicyclic amines) is 1. The maximum Gasteiger partial charge on any atom is 0.416 e. The quantitative estimate of drug-likeness (QED) is 0.313. The number of amides is 2. The van der Waals surface area contributed by atoms with Crippen LogP contribution in [-0.4, -0.2) is 48.3 Å². The predicted molar refractivity (Wildman–Crippen MR) is 146 cm³/mol. The lowest BCUT2D eigenvalue weighted by atomic mass is 10.0. The molecule has 4 aromatic rings. The Morgan fingerprint density at radius 3 is 2.65 bits per heavy atom. The molecule has 0 bridgehead atoms. The van der Waals surface area contributed by atoms with Gasteiger partial charge >= 0.3 is 6.18 Å². The topological polar surface area (TPSA) is 119 Å². The second-order valence-electron chi connectivity index (χ2n) is 10.9. The number of pyridine rings is 1. The highest BCUT2D eigenvalue weighted by Gasteiger charge is 2.64. The van der Waals surface area contributed by atoms with Crippen LogP contribution in [0.5, 0.6) is 0 Å². The van der Waals surface area contributed by atoms with Crippen molar-refractivity contribution in [1.82, 2.24) is 24.4 Å². The third-order valence-corrected chi connectivity index (χ3v) is 8.54. The summed E-state index contributed by atoms with van der Waals surface area (Å²) >= 11 is 3.32. The molecule has 3 N–H and O–H groups in total. The SMILES string of the molecule is Cc1ccc(Br)nc1NC(=O)[C@@H]1C[C@@]2(C)C[C@H]2N1C(=O)Cn1c2ncnc(N)c2c2cc(C(F)(F)F)cc(C)c21. The van der Waals surface area contributed by atoms with E-state index in [1.165, 1.54) is 6.33 Å². The zero-order valence-corrected chi connectivity index (χ0v) is 23.4. The molecule has 1 aliphatic heterocycles. The van der Waals surface area contributed by atoms with Crippen LogP contribution in [-0.2, 0) is 22.3 Å². The molecule has 3 aromatic heterocycles. The Labute approximate surface area is 235 Å². The number of nitrogens with zero attached hydrogens (tertiary/aromatic N) is 5. The smallest absolute Gasteiger partial charge is 0.383 e. The van der Waals surface area contributed by atoms with Gasteiger partial charge in [-0.25, -0.2) is 15.0 Å². The van der Waals surface area contributed by atoms with Crippen LogP contribution in [0.4, 0.5) is 24.8 Å². The van der Waals surface area contributed by atoms with Crippen molar-refractivity contribution in [2.75, 3.05) is 11.1 Å². The number of halogens is 4. The van der Waals surface area contributed by atoms with Crippen LogP contribution in [0.1, 0.15) is 36.5 Å². The maximum absolute atomic E-state index is 13.9. The number of alkyl halides is 3. The molecular formula is C27H25BrF3N7O2. The van der Waals surface area contributed by atoms with Crippen molar-refractivity contribution in [2.24, 2.45) is 5.41 Å². The third-order valence-electron chi connectivity index (χ3n) is 8.10. The number of carbonyl (C=O) groups excluding carboxylic acids is 2. The van der Waals surface area contributed by atoms with Crippen molar-refractivity contribution >= 4 is 61.3 Å². The summed E-state index contributed by atoms with van der Waals surface area (Å²) in [5, 5.41) is 3.34. The standard InChI is InChI=1S/C27H25BrF3N7O2/c1-12-4-5-18(28)35-23(12)36-25(40)16-8-26(3)9-17(26)38(16)19(39)10-37-21-13(2)6-14(27(29,30)31)7-15(21)20-22(32)33-11-34-24(20)37/h4-7,11,16-17H,8-10H2,1-3H3,(H2,32,33,34)(H,35,36,40)/t16-,17+,26-/m0/s1. The monoisotopic (exact) mass is 615 g/mol. The minimum absolute atomic E-state index is 0.0185. The number of fused-ring (bicyclic) bond motifs is 4. The number of aromatic nitrogens is 4. The van der Waals surface area contributed by atoms with Gasteiger partial charge in [0, 0.05) is 11.4 Å². The Bertz CT molecular complexity index is 1740. The first-order valence-electron chi connectivity index (χ1n) is 12.6. The highest BCUT2D eigenvalue weighted by molar-refractivity contribution is 9.10. The van der Waals surface area contributed by atoms with Gasteiger partial charge in [0.2, 0.25) is 11.8 Å². The number of hydrogen-bond acceptors (Lipinski definition) is 6. The number of anilines is 2. The fourth-order valence-electron chi connectivity index (χ4n) is 6.01. The van der Waals surface area contributed by atoms with Gasteiger partial charge in [0.1, 0.15) is 40.8 Å². The number of nitrogens with two attached hydrogens (primary N) is 1. The molecule has 2 aliphatic rings. The molecule has 2 amide bonds. The summed E-state index contributed by atoms with van der Waals surface area (Å²) < 4.78 is 43.1. The fourth-order valence-corrected chi connectivity index (χ4v) is 6.32. The average molecular weight is 616 g/mol. The summed E-state index contributed by atoms with van der Waals surface area (Å²) in [5.74, 6) is -0.246. The molecule has 4 heterocycles. The van der Waals surface area contributed by atoms with Gasteiger partial charge in [-0.05, 0) is 77.4 Å². The average Bonchev–Trinajstić information content (AvgIpc) is 3.26. The Morgan fingerprint density at radius 2 is 1.93 bits per heavy atom. The third kappa shape index (κ3) is 4.18. The summed E-state index contributed by atoms with van der Waals surface area (Å²) in [6.45, 7) is 5.20. The predicted octanol–water partition coefficient (Wildman–Crippen LogP) is 4.98. The molecule has 6 rings (SSSR count). The van der Waals surface area contributed by atoms with Crippen molar-refractivity contribution in [2.45, 2.75) is 58.4 Å². The van der Waals surface area contributed by atoms with E-state index in [9.17, 15) is 22.8 Å². The molecule has 2 fully saturated rings. The van der Waals surface area contributed by atoms with Crippen LogP contribution < -0.4 is 11.1 Å². The fraction of sp³-hybridized carbons (Fsp3) is 0.370. The van der Waals surface area contributed by atoms with E-state index in [1.54, 1.807) is 22.5 Å². The summed E-state index contributed by atoms with van der Waals surface area (Å²) in [7, 11) is 0. The summed E-state index contributed by atoms with van der Waals surface area (Å²) in [4.78, 5) is 41.6. The van der Waals surface area contributed by atoms with Crippen molar-refractivity contribution in [3.8, 4) is 0 Å². The van der Waals surface area contributed by atoms with E-state index in [0.717, 1.165) is 24.1 Å². The normalized spacial score (nSPS) is 22.1. The van der Waals surface area contributed by atoms with Gasteiger partial charge in [-0.3, -0.25) is 9.59 Å². The summed E-state index contributed by atoms with van der Waals surface area (Å²) in [6.07, 6.45) is -2.08. The number of benzene rings is 1. The molecule has 1 saturated carbocycles. The zero-order chi connectivity index (χ0) is 28.7. The molecule has 13 heteroatoms. The number of rotatable bonds is 4. The Balaban J connectivity index is 1.39. The molecule has 1 aliphatic carbocycles. The second-order valence-corrected chi connectivity index (χ2v) is 11.7. The van der Waals surface area contributed by atoms with Crippen molar-refractivity contribution in [3.63, 3.8) is 0 Å². The van der Waals surface area contributed by atoms with E-state index in [-0.39, 0.29) is 52.1 Å². The van der Waals surface area contributed by atoms with Gasteiger partial charge in [-0.2, -0.15) is 13.2 Å². The van der Waals surface area contributed by atoms with Gasteiger partial charge < -0.3 is 20.5 Å². The van der Waals surface area contributed by atoms with E-state index in [0.29, 0.717) is 27.9 Å². The molecule has 1 aromatic carbocycles. The van der Waals surface area contributed by atoms with Gasteiger partial charge in [0.05, 0.1) is 16.5 Å². The molecule has 40 heavy (non-hydrogen) atoms. The first-order chi connectivity index (χ1) is 18.8. The van der Waals surface area contributed by atoms with Crippen molar-refractivity contribution in [3.05, 3.63) is 51.9 Å². The molecule has 9 nitrogen and oxygen atoms in total. The van der Waals surface area contributed by atoms with Crippen molar-refractivity contribution in [1.29, 1.82) is 0 Å². The zero-order valence-electron chi connectivity index (χ0n) is 21.8. The van der Waals surface area contributed by atoms with E-state index in [4.69, 9.17) is 5.73 Å². The van der Waals surface area contributed by atoms with E-state index in [1.807, 2.05) is 19.9 Å². The first-order valence-corrected chi connectivity index (χ1v) is 13.4. The lowest BCUT2D eigenvalue weighted by Gasteiger charge is -2.27. The molecular weight excluding hydrogens is 591 g/mol. The molecule has 0 spiro atoms. The number of aryl methyl sites for hydroxylation is 2. The first kappa shape index (κ1) is 26.5. The van der Waals surface area contributed by atoms with Crippen LogP contribution >= 0.6 is 15.9 Å². The largest absolute Gasteiger partial charge is 0.416 e. The minimum Gasteiger partial charge on any atom is -0.383 e. The molecule has 1 saturated heterocycles. The number of carbonyl (C=O) groups is 2. The van der Waals surface area contributed by atoms with Gasteiger partial charge in [-0.15, -0.1) is 0 Å². The van der Waals surface area contributed by atoms with E-state index >= 15 is 0 Å². The molecule has 0 radical (unpaired) electrons.